The fraction of sp³-hybridized carbons (Fsp3) is 0.167. The van der Waals surface area contributed by atoms with Crippen LogP contribution in [0.5, 0.6) is 0 Å². The second-order valence-electron chi connectivity index (χ2n) is 5.51. The first kappa shape index (κ1) is 16.0. The lowest BCUT2D eigenvalue weighted by molar-refractivity contribution is 0.101. The lowest BCUT2D eigenvalue weighted by Gasteiger charge is -2.05. The van der Waals surface area contributed by atoms with Gasteiger partial charge in [-0.1, -0.05) is 29.8 Å². The van der Waals surface area contributed by atoms with E-state index >= 15 is 0 Å². The number of carbonyl (C=O) groups excluding carboxylic acids is 1. The molecule has 0 aliphatic heterocycles. The molecule has 1 amide bonds. The normalized spacial score (nSPS) is 10.4. The predicted octanol–water partition coefficient (Wildman–Crippen LogP) is 3.89. The van der Waals surface area contributed by atoms with Crippen LogP contribution in [0.25, 0.3) is 11.1 Å². The minimum absolute atomic E-state index is 0.275. The first-order valence-electron chi connectivity index (χ1n) is 7.41. The molecule has 5 nitrogen and oxygen atoms in total. The molecule has 0 atom stereocenters. The number of carbonyl (C=O) groups is 1. The molecule has 1 aromatic carbocycles. The Balaban J connectivity index is 2.00. The summed E-state index contributed by atoms with van der Waals surface area (Å²) in [5.74, 6) is -0.275. The van der Waals surface area contributed by atoms with Crippen molar-refractivity contribution in [3.05, 3.63) is 58.2 Å². The molecule has 24 heavy (non-hydrogen) atoms. The highest BCUT2D eigenvalue weighted by atomic mass is 32.1. The zero-order valence-electron chi connectivity index (χ0n) is 13.6. The smallest absolute Gasteiger partial charge is 0.274 e. The number of nitrogens with zero attached hydrogens (tertiary/aromatic N) is 3. The number of nitriles is 1. The molecule has 0 bridgehead atoms. The van der Waals surface area contributed by atoms with Crippen molar-refractivity contribution in [3.8, 4) is 17.2 Å². The Labute approximate surface area is 144 Å². The molecule has 0 fully saturated rings. The van der Waals surface area contributed by atoms with E-state index in [-0.39, 0.29) is 5.91 Å². The molecular formula is C18H16N4OS. The maximum absolute atomic E-state index is 12.4. The van der Waals surface area contributed by atoms with E-state index in [0.29, 0.717) is 16.3 Å². The van der Waals surface area contributed by atoms with E-state index in [9.17, 15) is 10.1 Å². The van der Waals surface area contributed by atoms with Crippen LogP contribution in [-0.2, 0) is 7.05 Å². The maximum atomic E-state index is 12.4. The summed E-state index contributed by atoms with van der Waals surface area (Å²) in [5, 5.41) is 17.0. The molecule has 2 heterocycles. The lowest BCUT2D eigenvalue weighted by atomic mass is 10.0. The number of rotatable bonds is 3. The number of thiophene rings is 1. The molecule has 120 valence electrons. The van der Waals surface area contributed by atoms with Crippen LogP contribution in [0.3, 0.4) is 0 Å². The largest absolute Gasteiger partial charge is 0.311 e. The summed E-state index contributed by atoms with van der Waals surface area (Å²) in [6.45, 7) is 3.98. The summed E-state index contributed by atoms with van der Waals surface area (Å²) in [7, 11) is 1.71. The number of aryl methyl sites for hydroxylation is 3. The zero-order chi connectivity index (χ0) is 17.3. The number of amides is 1. The summed E-state index contributed by atoms with van der Waals surface area (Å²) in [5.41, 5.74) is 3.96. The average molecular weight is 336 g/mol. The number of aromatic nitrogens is 2. The Bertz CT molecular complexity index is 945. The summed E-state index contributed by atoms with van der Waals surface area (Å²) >= 11 is 1.41. The first-order valence-corrected chi connectivity index (χ1v) is 8.22. The van der Waals surface area contributed by atoms with Crippen LogP contribution < -0.4 is 5.32 Å². The Morgan fingerprint density at radius 3 is 2.54 bits per heavy atom. The van der Waals surface area contributed by atoms with Crippen molar-refractivity contribution in [2.45, 2.75) is 13.8 Å². The molecule has 0 saturated heterocycles. The second kappa shape index (κ2) is 6.30. The highest BCUT2D eigenvalue weighted by molar-refractivity contribution is 7.17. The molecule has 1 N–H and O–H groups in total. The third kappa shape index (κ3) is 2.82. The van der Waals surface area contributed by atoms with Crippen molar-refractivity contribution in [1.82, 2.24) is 9.78 Å². The molecular weight excluding hydrogens is 320 g/mol. The third-order valence-electron chi connectivity index (χ3n) is 3.82. The van der Waals surface area contributed by atoms with Crippen molar-refractivity contribution >= 4 is 22.2 Å². The summed E-state index contributed by atoms with van der Waals surface area (Å²) in [4.78, 5) is 13.4. The maximum Gasteiger partial charge on any atom is 0.274 e. The van der Waals surface area contributed by atoms with E-state index in [2.05, 4.69) is 16.5 Å². The lowest BCUT2D eigenvalue weighted by Crippen LogP contribution is -2.15. The minimum atomic E-state index is -0.275. The van der Waals surface area contributed by atoms with Crippen LogP contribution in [0.2, 0.25) is 0 Å². The highest BCUT2D eigenvalue weighted by Gasteiger charge is 2.20. The van der Waals surface area contributed by atoms with Gasteiger partial charge in [-0.05, 0) is 25.5 Å². The van der Waals surface area contributed by atoms with Gasteiger partial charge in [0.1, 0.15) is 16.8 Å². The summed E-state index contributed by atoms with van der Waals surface area (Å²) in [6, 6.07) is 11.9. The monoisotopic (exact) mass is 336 g/mol. The van der Waals surface area contributed by atoms with E-state index in [1.807, 2.05) is 38.1 Å². The van der Waals surface area contributed by atoms with Gasteiger partial charge in [0, 0.05) is 23.7 Å². The zero-order valence-corrected chi connectivity index (χ0v) is 14.4. The van der Waals surface area contributed by atoms with E-state index in [1.165, 1.54) is 16.0 Å². The quantitative estimate of drug-likeness (QED) is 0.789. The predicted molar refractivity (Wildman–Crippen MR) is 95.1 cm³/mol. The number of nitrogens with one attached hydrogen (secondary N) is 1. The van der Waals surface area contributed by atoms with Crippen LogP contribution in [0, 0.1) is 25.2 Å². The van der Waals surface area contributed by atoms with Gasteiger partial charge in [0.25, 0.3) is 5.91 Å². The van der Waals surface area contributed by atoms with Crippen LogP contribution >= 0.6 is 11.3 Å². The fourth-order valence-corrected chi connectivity index (χ4v) is 3.59. The van der Waals surface area contributed by atoms with Crippen molar-refractivity contribution in [2.75, 3.05) is 5.32 Å². The Morgan fingerprint density at radius 1 is 1.25 bits per heavy atom. The molecule has 0 spiro atoms. The van der Waals surface area contributed by atoms with Crippen molar-refractivity contribution in [3.63, 3.8) is 0 Å². The first-order chi connectivity index (χ1) is 11.5. The molecule has 0 saturated carbocycles. The molecule has 3 aromatic rings. The van der Waals surface area contributed by atoms with E-state index in [1.54, 1.807) is 19.3 Å². The van der Waals surface area contributed by atoms with Crippen molar-refractivity contribution < 1.29 is 4.79 Å². The van der Waals surface area contributed by atoms with Gasteiger partial charge in [-0.3, -0.25) is 9.48 Å². The molecule has 0 aliphatic carbocycles. The molecule has 3 rings (SSSR count). The SMILES string of the molecule is Cc1ccc(-c2c(C)sc(NC(=O)c3ccnn3C)c2C#N)cc1. The van der Waals surface area contributed by atoms with Gasteiger partial charge >= 0.3 is 0 Å². The van der Waals surface area contributed by atoms with E-state index in [4.69, 9.17) is 0 Å². The summed E-state index contributed by atoms with van der Waals surface area (Å²) in [6.07, 6.45) is 1.57. The van der Waals surface area contributed by atoms with Gasteiger partial charge in [0.2, 0.25) is 0 Å². The van der Waals surface area contributed by atoms with Gasteiger partial charge < -0.3 is 5.32 Å². The minimum Gasteiger partial charge on any atom is -0.311 e. The Morgan fingerprint density at radius 2 is 1.96 bits per heavy atom. The van der Waals surface area contributed by atoms with E-state index in [0.717, 1.165) is 21.6 Å². The van der Waals surface area contributed by atoms with Crippen LogP contribution in [0.15, 0.2) is 36.5 Å². The molecule has 2 aromatic heterocycles. The average Bonchev–Trinajstić information content (AvgIpc) is 3.11. The van der Waals surface area contributed by atoms with Crippen LogP contribution in [0.4, 0.5) is 5.00 Å². The van der Waals surface area contributed by atoms with Gasteiger partial charge in [0.15, 0.2) is 0 Å². The van der Waals surface area contributed by atoms with Gasteiger partial charge in [-0.15, -0.1) is 11.3 Å². The van der Waals surface area contributed by atoms with Crippen LogP contribution in [-0.4, -0.2) is 15.7 Å². The highest BCUT2D eigenvalue weighted by Crippen LogP contribution is 2.39. The van der Waals surface area contributed by atoms with Crippen molar-refractivity contribution in [2.24, 2.45) is 7.05 Å². The number of benzene rings is 1. The number of hydrogen-bond donors (Lipinski definition) is 1. The molecule has 6 heteroatoms. The molecule has 0 radical (unpaired) electrons. The topological polar surface area (TPSA) is 70.7 Å². The third-order valence-corrected chi connectivity index (χ3v) is 4.84. The van der Waals surface area contributed by atoms with Gasteiger partial charge in [-0.25, -0.2) is 0 Å². The molecule has 0 aliphatic rings. The Kier molecular flexibility index (Phi) is 4.19. The second-order valence-corrected chi connectivity index (χ2v) is 6.73. The fourth-order valence-electron chi connectivity index (χ4n) is 2.57. The van der Waals surface area contributed by atoms with Gasteiger partial charge in [0.05, 0.1) is 5.56 Å². The summed E-state index contributed by atoms with van der Waals surface area (Å²) < 4.78 is 1.50. The number of anilines is 1. The Hall–Kier alpha value is -2.91. The van der Waals surface area contributed by atoms with Crippen LogP contribution in [0.1, 0.15) is 26.5 Å². The van der Waals surface area contributed by atoms with E-state index < -0.39 is 0 Å². The standard InChI is InChI=1S/C18H16N4OS/c1-11-4-6-13(7-5-11)16-12(2)24-18(14(16)10-19)21-17(23)15-8-9-20-22(15)3/h4-9H,1-3H3,(H,21,23). The van der Waals surface area contributed by atoms with Crippen molar-refractivity contribution in [1.29, 1.82) is 5.26 Å². The number of hydrogen-bond acceptors (Lipinski definition) is 4. The van der Waals surface area contributed by atoms with Gasteiger partial charge in [-0.2, -0.15) is 10.4 Å². The molecule has 0 unspecified atom stereocenters.